The number of nitrogens with zero attached hydrogens (tertiary/aromatic N) is 2. The highest BCUT2D eigenvalue weighted by Crippen LogP contribution is 2.40. The number of fused-ring (bicyclic) bond motifs is 1. The van der Waals surface area contributed by atoms with Gasteiger partial charge in [-0.15, -0.1) is 0 Å². The summed E-state index contributed by atoms with van der Waals surface area (Å²) in [5, 5.41) is 9.85. The lowest BCUT2D eigenvalue weighted by Crippen LogP contribution is -2.38. The molecule has 0 aromatic heterocycles. The molecule has 1 aliphatic heterocycles. The molecule has 1 aliphatic rings. The van der Waals surface area contributed by atoms with Gasteiger partial charge in [0.05, 0.1) is 5.54 Å². The van der Waals surface area contributed by atoms with Crippen molar-refractivity contribution in [1.82, 2.24) is 0 Å². The molecule has 0 fully saturated rings. The quantitative estimate of drug-likeness (QED) is 0.209. The minimum absolute atomic E-state index is 0.0551. The maximum atomic E-state index is 9.85. The minimum Gasteiger partial charge on any atom is -0.283 e. The first-order valence-corrected chi connectivity index (χ1v) is 14.2. The van der Waals surface area contributed by atoms with Crippen LogP contribution in [0.3, 0.4) is 0 Å². The molecule has 3 nitrogen and oxygen atoms in total. The van der Waals surface area contributed by atoms with Crippen molar-refractivity contribution in [2.24, 2.45) is 4.99 Å². The first kappa shape index (κ1) is 27.6. The topological polar surface area (TPSA) is 39.5 Å². The number of hydrogen-bond donors (Lipinski definition) is 1. The summed E-state index contributed by atoms with van der Waals surface area (Å²) in [6.45, 7) is 17.8. The van der Waals surface area contributed by atoms with Crippen LogP contribution in [0.2, 0.25) is 0 Å². The molecule has 0 atom stereocenters. The largest absolute Gasteiger partial charge is 0.283 e. The molecule has 0 bridgehead atoms. The second-order valence-corrected chi connectivity index (χ2v) is 13.4. The number of aliphatic imine (C=N–C) groups is 1. The molecule has 1 N–H and O–H groups in total. The molecule has 40 heavy (non-hydrogen) atoms. The molecule has 0 unspecified atom stereocenters. The second-order valence-electron chi connectivity index (χ2n) is 13.4. The SMILES string of the molecule is CC(C)(C)c1cc(N(C(=N)c2ccccc2-c2ccccc2)C2=NC(C)(C)c3ccccc32)cc(C(C)(C)C)c1. The van der Waals surface area contributed by atoms with Gasteiger partial charge in [0.25, 0.3) is 0 Å². The third kappa shape index (κ3) is 5.13. The van der Waals surface area contributed by atoms with E-state index < -0.39 is 5.54 Å². The Kier molecular flexibility index (Phi) is 6.82. The zero-order chi connectivity index (χ0) is 28.9. The van der Waals surface area contributed by atoms with Crippen molar-refractivity contribution < 1.29 is 0 Å². The highest BCUT2D eigenvalue weighted by Gasteiger charge is 2.37. The fourth-order valence-electron chi connectivity index (χ4n) is 5.41. The molecule has 0 radical (unpaired) electrons. The molecule has 1 heterocycles. The number of benzene rings is 4. The van der Waals surface area contributed by atoms with Crippen LogP contribution in [0.5, 0.6) is 0 Å². The average Bonchev–Trinajstić information content (AvgIpc) is 3.18. The zero-order valence-corrected chi connectivity index (χ0v) is 25.1. The Balaban J connectivity index is 1.80. The van der Waals surface area contributed by atoms with E-state index in [0.717, 1.165) is 33.8 Å². The van der Waals surface area contributed by atoms with Gasteiger partial charge in [0.2, 0.25) is 0 Å². The van der Waals surface area contributed by atoms with Gasteiger partial charge in [-0.25, -0.2) is 0 Å². The Labute approximate surface area is 240 Å². The average molecular weight is 528 g/mol. The molecule has 3 heteroatoms. The number of rotatable bonds is 3. The lowest BCUT2D eigenvalue weighted by molar-refractivity contribution is 0.568. The summed E-state index contributed by atoms with van der Waals surface area (Å²) in [6, 6.07) is 33.9. The van der Waals surface area contributed by atoms with Gasteiger partial charge in [0, 0.05) is 16.8 Å². The van der Waals surface area contributed by atoms with Crippen molar-refractivity contribution in [1.29, 1.82) is 5.41 Å². The molecule has 0 spiro atoms. The Hall–Kier alpha value is -3.98. The third-order valence-corrected chi connectivity index (χ3v) is 7.82. The molecule has 4 aromatic carbocycles. The van der Waals surface area contributed by atoms with Crippen molar-refractivity contribution in [2.45, 2.75) is 71.8 Å². The summed E-state index contributed by atoms with van der Waals surface area (Å²) in [5.74, 6) is 1.23. The van der Waals surface area contributed by atoms with Gasteiger partial charge in [0.1, 0.15) is 11.7 Å². The van der Waals surface area contributed by atoms with Crippen LogP contribution in [-0.2, 0) is 16.4 Å². The highest BCUT2D eigenvalue weighted by atomic mass is 15.2. The van der Waals surface area contributed by atoms with Crippen LogP contribution in [0.4, 0.5) is 5.69 Å². The molecule has 0 saturated carbocycles. The summed E-state index contributed by atoms with van der Waals surface area (Å²) >= 11 is 0. The molecule has 0 amide bonds. The van der Waals surface area contributed by atoms with Gasteiger partial charge >= 0.3 is 0 Å². The van der Waals surface area contributed by atoms with Crippen LogP contribution in [0.25, 0.3) is 11.1 Å². The Bertz CT molecular complexity index is 1560. The van der Waals surface area contributed by atoms with E-state index in [4.69, 9.17) is 4.99 Å². The molecule has 204 valence electrons. The van der Waals surface area contributed by atoms with E-state index >= 15 is 0 Å². The summed E-state index contributed by atoms with van der Waals surface area (Å²) < 4.78 is 0. The number of anilines is 1. The summed E-state index contributed by atoms with van der Waals surface area (Å²) in [6.07, 6.45) is 0. The standard InChI is InChI=1S/C37H41N3/c1-35(2,3)26-22-27(36(4,5)6)24-28(23-26)40(34-31-20-14-15-21-32(31)37(7,8)39-34)33(38)30-19-13-12-18-29(30)25-16-10-9-11-17-25/h9-24,38H,1-8H3. The Morgan fingerprint density at radius 1 is 0.675 bits per heavy atom. The molecule has 5 rings (SSSR count). The number of hydrogen-bond acceptors (Lipinski definition) is 2. The monoisotopic (exact) mass is 527 g/mol. The smallest absolute Gasteiger partial charge is 0.142 e. The molecule has 0 saturated heterocycles. The van der Waals surface area contributed by atoms with E-state index in [0.29, 0.717) is 5.84 Å². The number of nitrogens with one attached hydrogen (secondary N) is 1. The molecule has 4 aromatic rings. The Morgan fingerprint density at radius 2 is 1.20 bits per heavy atom. The van der Waals surface area contributed by atoms with Crippen LogP contribution in [0.1, 0.15) is 83.2 Å². The van der Waals surface area contributed by atoms with Gasteiger partial charge in [-0.2, -0.15) is 0 Å². The van der Waals surface area contributed by atoms with Gasteiger partial charge in [-0.3, -0.25) is 15.3 Å². The van der Waals surface area contributed by atoms with Gasteiger partial charge < -0.3 is 0 Å². The van der Waals surface area contributed by atoms with E-state index in [-0.39, 0.29) is 10.8 Å². The first-order valence-electron chi connectivity index (χ1n) is 14.2. The Morgan fingerprint density at radius 3 is 1.80 bits per heavy atom. The van der Waals surface area contributed by atoms with Crippen molar-refractivity contribution in [3.63, 3.8) is 0 Å². The van der Waals surface area contributed by atoms with Gasteiger partial charge in [-0.05, 0) is 64.6 Å². The molecular weight excluding hydrogens is 486 g/mol. The predicted octanol–water partition coefficient (Wildman–Crippen LogP) is 9.48. The summed E-state index contributed by atoms with van der Waals surface area (Å²) in [7, 11) is 0. The normalized spacial score (nSPS) is 14.4. The first-order chi connectivity index (χ1) is 18.8. The van der Waals surface area contributed by atoms with Crippen LogP contribution >= 0.6 is 0 Å². The van der Waals surface area contributed by atoms with E-state index in [1.54, 1.807) is 0 Å². The van der Waals surface area contributed by atoms with Crippen molar-refractivity contribution in [2.75, 3.05) is 4.90 Å². The maximum absolute atomic E-state index is 9.85. The van der Waals surface area contributed by atoms with Crippen molar-refractivity contribution in [3.8, 4) is 11.1 Å². The zero-order valence-electron chi connectivity index (χ0n) is 25.1. The van der Waals surface area contributed by atoms with Gasteiger partial charge in [0.15, 0.2) is 0 Å². The van der Waals surface area contributed by atoms with Crippen LogP contribution in [-0.4, -0.2) is 11.7 Å². The van der Waals surface area contributed by atoms with E-state index in [9.17, 15) is 5.41 Å². The second kappa shape index (κ2) is 9.89. The fraction of sp³-hybridized carbons (Fsp3) is 0.297. The maximum Gasteiger partial charge on any atom is 0.142 e. The highest BCUT2D eigenvalue weighted by molar-refractivity contribution is 6.30. The lowest BCUT2D eigenvalue weighted by Gasteiger charge is -2.32. The third-order valence-electron chi connectivity index (χ3n) is 7.82. The van der Waals surface area contributed by atoms with Gasteiger partial charge in [-0.1, -0.05) is 126 Å². The van der Waals surface area contributed by atoms with Crippen LogP contribution < -0.4 is 4.90 Å². The van der Waals surface area contributed by atoms with Crippen molar-refractivity contribution >= 4 is 17.4 Å². The van der Waals surface area contributed by atoms with Crippen LogP contribution in [0.15, 0.2) is 102 Å². The number of amidine groups is 2. The summed E-state index contributed by atoms with van der Waals surface area (Å²) in [4.78, 5) is 7.38. The van der Waals surface area contributed by atoms with Crippen LogP contribution in [0, 0.1) is 5.41 Å². The summed E-state index contributed by atoms with van der Waals surface area (Å²) in [5.41, 5.74) is 8.22. The van der Waals surface area contributed by atoms with E-state index in [2.05, 4.69) is 139 Å². The van der Waals surface area contributed by atoms with E-state index in [1.807, 2.05) is 18.2 Å². The lowest BCUT2D eigenvalue weighted by atomic mass is 9.80. The fourth-order valence-corrected chi connectivity index (χ4v) is 5.41. The molecular formula is C37H41N3. The molecule has 0 aliphatic carbocycles. The minimum atomic E-state index is -0.391. The predicted molar refractivity (Wildman–Crippen MR) is 171 cm³/mol. The van der Waals surface area contributed by atoms with E-state index in [1.165, 1.54) is 16.7 Å². The van der Waals surface area contributed by atoms with Crippen molar-refractivity contribution in [3.05, 3.63) is 125 Å².